The fraction of sp³-hybridized carbons (Fsp3) is 0.647. The summed E-state index contributed by atoms with van der Waals surface area (Å²) in [6.45, 7) is 2.18. The third-order valence-corrected chi connectivity index (χ3v) is 6.69. The average Bonchev–Trinajstić information content (AvgIpc) is 2.72. The van der Waals surface area contributed by atoms with E-state index in [-0.39, 0.29) is 5.41 Å². The molecule has 3 aliphatic rings. The van der Waals surface area contributed by atoms with Gasteiger partial charge in [0.25, 0.3) is 0 Å². The van der Waals surface area contributed by atoms with E-state index in [1.165, 1.54) is 36.8 Å². The second-order valence-corrected chi connectivity index (χ2v) is 8.51. The Hall–Kier alpha value is -0.490. The van der Waals surface area contributed by atoms with Gasteiger partial charge in [0, 0.05) is 21.4 Å². The quantitative estimate of drug-likeness (QED) is 0.533. The normalized spacial score (nSPS) is 34.6. The minimum atomic E-state index is 0.228. The van der Waals surface area contributed by atoms with Gasteiger partial charge >= 0.3 is 0 Å². The van der Waals surface area contributed by atoms with Crippen LogP contribution in [-0.4, -0.2) is 35.6 Å². The lowest BCUT2D eigenvalue weighted by molar-refractivity contribution is 0.0917. The van der Waals surface area contributed by atoms with Crippen LogP contribution >= 0.6 is 22.6 Å². The fourth-order valence-corrected chi connectivity index (χ4v) is 5.24. The molecule has 1 aromatic rings. The largest absolute Gasteiger partial charge is 0.493 e. The van der Waals surface area contributed by atoms with Gasteiger partial charge in [-0.25, -0.2) is 0 Å². The van der Waals surface area contributed by atoms with E-state index in [2.05, 4.69) is 46.7 Å². The second kappa shape index (κ2) is 5.01. The SMILES string of the molecule is COc1ccc2c3c1O[C@H]1C[C@H](I)CC[C@]31CCN(C)C2. The molecule has 1 aromatic carbocycles. The molecule has 0 bridgehead atoms. The average molecular weight is 399 g/mol. The van der Waals surface area contributed by atoms with E-state index >= 15 is 0 Å². The molecule has 1 aliphatic carbocycles. The second-order valence-electron chi connectivity index (χ2n) is 6.75. The van der Waals surface area contributed by atoms with E-state index in [0.717, 1.165) is 28.5 Å². The molecule has 0 saturated heterocycles. The summed E-state index contributed by atoms with van der Waals surface area (Å²) in [5, 5.41) is 0. The van der Waals surface area contributed by atoms with Crippen LogP contribution in [0.4, 0.5) is 0 Å². The van der Waals surface area contributed by atoms with Crippen LogP contribution in [0.3, 0.4) is 0 Å². The molecule has 2 heterocycles. The van der Waals surface area contributed by atoms with Crippen molar-refractivity contribution in [2.75, 3.05) is 20.7 Å². The van der Waals surface area contributed by atoms with Gasteiger partial charge in [-0.3, -0.25) is 0 Å². The smallest absolute Gasteiger partial charge is 0.165 e. The summed E-state index contributed by atoms with van der Waals surface area (Å²) in [6, 6.07) is 4.34. The molecule has 1 spiro atoms. The first-order chi connectivity index (χ1) is 10.1. The Morgan fingerprint density at radius 2 is 2.24 bits per heavy atom. The van der Waals surface area contributed by atoms with E-state index < -0.39 is 0 Å². The van der Waals surface area contributed by atoms with Crippen LogP contribution in [-0.2, 0) is 12.0 Å². The first kappa shape index (κ1) is 14.1. The van der Waals surface area contributed by atoms with Crippen LogP contribution in [0.15, 0.2) is 12.1 Å². The first-order valence-electron chi connectivity index (χ1n) is 7.83. The topological polar surface area (TPSA) is 21.7 Å². The Morgan fingerprint density at radius 1 is 1.38 bits per heavy atom. The molecule has 3 atom stereocenters. The molecule has 21 heavy (non-hydrogen) atoms. The Balaban J connectivity index is 1.90. The van der Waals surface area contributed by atoms with Gasteiger partial charge in [-0.2, -0.15) is 0 Å². The summed E-state index contributed by atoms with van der Waals surface area (Å²) in [7, 11) is 3.98. The standard InChI is InChI=1S/C17H22INO2/c1-19-8-7-17-6-5-12(18)9-14(17)21-16-13(20-2)4-3-11(10-19)15(16)17/h3-4,12,14H,5-10H2,1-2H3/t12-,14+,17-/m1/s1. The van der Waals surface area contributed by atoms with Crippen molar-refractivity contribution in [1.82, 2.24) is 4.90 Å². The number of benzene rings is 1. The number of alkyl halides is 1. The van der Waals surface area contributed by atoms with Crippen molar-refractivity contribution in [2.45, 2.75) is 47.7 Å². The van der Waals surface area contributed by atoms with Crippen molar-refractivity contribution in [3.63, 3.8) is 0 Å². The van der Waals surface area contributed by atoms with Gasteiger partial charge in [-0.1, -0.05) is 28.7 Å². The molecular weight excluding hydrogens is 377 g/mol. The lowest BCUT2D eigenvalue weighted by Crippen LogP contribution is -2.44. The molecule has 2 aliphatic heterocycles. The number of halogens is 1. The molecule has 0 N–H and O–H groups in total. The molecule has 0 radical (unpaired) electrons. The highest BCUT2D eigenvalue weighted by Crippen LogP contribution is 2.58. The number of hydrogen-bond donors (Lipinski definition) is 0. The zero-order valence-corrected chi connectivity index (χ0v) is 14.9. The summed E-state index contributed by atoms with van der Waals surface area (Å²) in [5.41, 5.74) is 3.14. The van der Waals surface area contributed by atoms with Crippen molar-refractivity contribution >= 4 is 22.6 Å². The summed E-state index contributed by atoms with van der Waals surface area (Å²) in [4.78, 5) is 2.45. The van der Waals surface area contributed by atoms with Crippen molar-refractivity contribution in [3.05, 3.63) is 23.3 Å². The lowest BCUT2D eigenvalue weighted by atomic mass is 9.66. The van der Waals surface area contributed by atoms with Gasteiger partial charge in [0.2, 0.25) is 0 Å². The zero-order valence-electron chi connectivity index (χ0n) is 12.7. The molecule has 1 fully saturated rings. The number of hydrogen-bond acceptors (Lipinski definition) is 3. The molecular formula is C17H22INO2. The highest BCUT2D eigenvalue weighted by Gasteiger charge is 2.54. The van der Waals surface area contributed by atoms with Crippen molar-refractivity contribution in [2.24, 2.45) is 0 Å². The highest BCUT2D eigenvalue weighted by atomic mass is 127. The number of nitrogens with zero attached hydrogens (tertiary/aromatic N) is 1. The maximum absolute atomic E-state index is 6.46. The predicted octanol–water partition coefficient (Wildman–Crippen LogP) is 3.52. The van der Waals surface area contributed by atoms with E-state index in [9.17, 15) is 0 Å². The van der Waals surface area contributed by atoms with Crippen LogP contribution in [0.25, 0.3) is 0 Å². The van der Waals surface area contributed by atoms with Gasteiger partial charge in [-0.05, 0) is 50.9 Å². The number of rotatable bonds is 1. The zero-order chi connectivity index (χ0) is 14.6. The third kappa shape index (κ3) is 2.01. The van der Waals surface area contributed by atoms with Gasteiger partial charge in [0.1, 0.15) is 6.10 Å². The monoisotopic (exact) mass is 399 g/mol. The predicted molar refractivity (Wildman–Crippen MR) is 91.7 cm³/mol. The molecule has 0 unspecified atom stereocenters. The summed E-state index contributed by atoms with van der Waals surface area (Å²) < 4.78 is 12.8. The van der Waals surface area contributed by atoms with Crippen molar-refractivity contribution in [3.8, 4) is 11.5 Å². The molecule has 0 aromatic heterocycles. The maximum atomic E-state index is 6.46. The van der Waals surface area contributed by atoms with Crippen LogP contribution in [0, 0.1) is 0 Å². The highest BCUT2D eigenvalue weighted by molar-refractivity contribution is 14.1. The van der Waals surface area contributed by atoms with E-state index in [0.29, 0.717) is 6.10 Å². The number of ether oxygens (including phenoxy) is 2. The van der Waals surface area contributed by atoms with Crippen molar-refractivity contribution < 1.29 is 9.47 Å². The molecule has 3 nitrogen and oxygen atoms in total. The summed E-state index contributed by atoms with van der Waals surface area (Å²) in [6.07, 6.45) is 5.28. The van der Waals surface area contributed by atoms with Crippen LogP contribution in [0.5, 0.6) is 11.5 Å². The fourth-order valence-electron chi connectivity index (χ4n) is 4.47. The van der Waals surface area contributed by atoms with E-state index in [1.807, 2.05) is 0 Å². The summed E-state index contributed by atoms with van der Waals surface area (Å²) in [5.74, 6) is 1.96. The maximum Gasteiger partial charge on any atom is 0.165 e. The van der Waals surface area contributed by atoms with Gasteiger partial charge < -0.3 is 14.4 Å². The third-order valence-electron chi connectivity index (χ3n) is 5.56. The van der Waals surface area contributed by atoms with Gasteiger partial charge in [0.05, 0.1) is 7.11 Å². The van der Waals surface area contributed by atoms with Crippen LogP contribution in [0.2, 0.25) is 0 Å². The van der Waals surface area contributed by atoms with E-state index in [1.54, 1.807) is 7.11 Å². The molecule has 0 amide bonds. The van der Waals surface area contributed by atoms with E-state index in [4.69, 9.17) is 9.47 Å². The van der Waals surface area contributed by atoms with Gasteiger partial charge in [0.15, 0.2) is 11.5 Å². The Labute approximate surface area is 140 Å². The minimum absolute atomic E-state index is 0.228. The Morgan fingerprint density at radius 3 is 3.05 bits per heavy atom. The van der Waals surface area contributed by atoms with Crippen LogP contribution in [0.1, 0.15) is 36.8 Å². The molecule has 114 valence electrons. The molecule has 4 heteroatoms. The van der Waals surface area contributed by atoms with Crippen LogP contribution < -0.4 is 9.47 Å². The van der Waals surface area contributed by atoms with Crippen molar-refractivity contribution in [1.29, 1.82) is 0 Å². The van der Waals surface area contributed by atoms with Gasteiger partial charge in [-0.15, -0.1) is 0 Å². The first-order valence-corrected chi connectivity index (χ1v) is 9.08. The molecule has 1 saturated carbocycles. The Bertz CT molecular complexity index is 576. The molecule has 4 rings (SSSR count). The summed E-state index contributed by atoms with van der Waals surface area (Å²) >= 11 is 2.59. The lowest BCUT2D eigenvalue weighted by Gasteiger charge is -2.40. The number of methoxy groups -OCH3 is 1. The Kier molecular flexibility index (Phi) is 3.37. The minimum Gasteiger partial charge on any atom is -0.493 e.